The number of hydrogen-bond donors (Lipinski definition) is 0. The third-order valence-electron chi connectivity index (χ3n) is 3.25. The van der Waals surface area contributed by atoms with Crippen LogP contribution in [0, 0.1) is 0 Å². The zero-order valence-corrected chi connectivity index (χ0v) is 11.3. The SMILES string of the molecule is C[N+](C)=C(On1nnc2ccccc21)N1CCCC1. The predicted molar refractivity (Wildman–Crippen MR) is 72.0 cm³/mol. The van der Waals surface area contributed by atoms with Crippen molar-refractivity contribution in [1.82, 2.24) is 20.1 Å². The Morgan fingerprint density at radius 1 is 1.21 bits per heavy atom. The summed E-state index contributed by atoms with van der Waals surface area (Å²) in [4.78, 5) is 9.65. The van der Waals surface area contributed by atoms with Crippen LogP contribution in [0.15, 0.2) is 24.3 Å². The number of benzene rings is 1. The maximum Gasteiger partial charge on any atom is 0.472 e. The lowest BCUT2D eigenvalue weighted by Crippen LogP contribution is -2.42. The molecule has 0 bridgehead atoms. The molecule has 1 aliphatic heterocycles. The zero-order chi connectivity index (χ0) is 13.2. The van der Waals surface area contributed by atoms with Crippen molar-refractivity contribution in [2.75, 3.05) is 27.2 Å². The predicted octanol–water partition coefficient (Wildman–Crippen LogP) is 0.584. The molecule has 0 atom stereocenters. The summed E-state index contributed by atoms with van der Waals surface area (Å²) < 4.78 is 1.97. The first-order valence-corrected chi connectivity index (χ1v) is 6.54. The Kier molecular flexibility index (Phi) is 3.06. The van der Waals surface area contributed by atoms with Crippen molar-refractivity contribution in [3.8, 4) is 0 Å². The van der Waals surface area contributed by atoms with Gasteiger partial charge in [-0.15, -0.1) is 5.10 Å². The topological polar surface area (TPSA) is 46.2 Å². The molecule has 0 N–H and O–H groups in total. The van der Waals surface area contributed by atoms with Gasteiger partial charge in [0.2, 0.25) is 0 Å². The second kappa shape index (κ2) is 4.87. The number of rotatable bonds is 1. The van der Waals surface area contributed by atoms with Crippen molar-refractivity contribution in [2.45, 2.75) is 12.8 Å². The average Bonchev–Trinajstić information content (AvgIpc) is 3.05. The molecule has 3 rings (SSSR count). The van der Waals surface area contributed by atoms with Gasteiger partial charge in [-0.1, -0.05) is 17.0 Å². The molecule has 0 radical (unpaired) electrons. The molecule has 1 saturated heterocycles. The Morgan fingerprint density at radius 3 is 2.68 bits per heavy atom. The van der Waals surface area contributed by atoms with E-state index < -0.39 is 0 Å². The Labute approximate surface area is 111 Å². The third kappa shape index (κ3) is 2.25. The number of nitrogens with zero attached hydrogens (tertiary/aromatic N) is 5. The van der Waals surface area contributed by atoms with Crippen molar-refractivity contribution >= 4 is 17.1 Å². The van der Waals surface area contributed by atoms with E-state index in [9.17, 15) is 0 Å². The number of aromatic nitrogens is 3. The van der Waals surface area contributed by atoms with E-state index >= 15 is 0 Å². The Morgan fingerprint density at radius 2 is 1.95 bits per heavy atom. The molecule has 1 aliphatic rings. The smallest absolute Gasteiger partial charge is 0.278 e. The second-order valence-electron chi connectivity index (χ2n) is 4.91. The molecule has 0 saturated carbocycles. The van der Waals surface area contributed by atoms with E-state index in [0.29, 0.717) is 0 Å². The lowest BCUT2D eigenvalue weighted by molar-refractivity contribution is -0.481. The highest BCUT2D eigenvalue weighted by molar-refractivity contribution is 5.75. The molecule has 1 fully saturated rings. The van der Waals surface area contributed by atoms with Gasteiger partial charge in [-0.2, -0.15) is 0 Å². The van der Waals surface area contributed by atoms with E-state index in [0.717, 1.165) is 30.1 Å². The number of fused-ring (bicyclic) bond motifs is 1. The highest BCUT2D eigenvalue weighted by atomic mass is 16.7. The first kappa shape index (κ1) is 12.0. The monoisotopic (exact) mass is 260 g/mol. The van der Waals surface area contributed by atoms with Gasteiger partial charge in [0.1, 0.15) is 11.0 Å². The molecule has 0 aliphatic carbocycles. The second-order valence-corrected chi connectivity index (χ2v) is 4.91. The minimum absolute atomic E-state index is 0.813. The van der Waals surface area contributed by atoms with E-state index in [4.69, 9.17) is 4.84 Å². The average molecular weight is 260 g/mol. The molecule has 0 spiro atoms. The molecule has 1 aromatic carbocycles. The van der Waals surface area contributed by atoms with E-state index in [-0.39, 0.29) is 0 Å². The summed E-state index contributed by atoms with van der Waals surface area (Å²) in [5, 5.41) is 8.15. The fourth-order valence-electron chi connectivity index (χ4n) is 2.32. The summed E-state index contributed by atoms with van der Waals surface area (Å²) >= 11 is 0. The molecular weight excluding hydrogens is 242 g/mol. The van der Waals surface area contributed by atoms with Crippen LogP contribution in [-0.4, -0.2) is 57.8 Å². The quantitative estimate of drug-likeness (QED) is 0.427. The van der Waals surface area contributed by atoms with Crippen LogP contribution in [0.5, 0.6) is 0 Å². The number of amidine groups is 1. The largest absolute Gasteiger partial charge is 0.472 e. The van der Waals surface area contributed by atoms with Gasteiger partial charge in [0.15, 0.2) is 0 Å². The Balaban J connectivity index is 1.92. The van der Waals surface area contributed by atoms with Crippen LogP contribution in [0.4, 0.5) is 0 Å². The Bertz CT molecular complexity index is 608. The van der Waals surface area contributed by atoms with Gasteiger partial charge in [-0.25, -0.2) is 9.48 Å². The van der Waals surface area contributed by atoms with Crippen LogP contribution in [0.2, 0.25) is 0 Å². The number of para-hydroxylation sites is 1. The highest BCUT2D eigenvalue weighted by Crippen LogP contribution is 2.11. The lowest BCUT2D eigenvalue weighted by atomic mass is 10.3. The first-order valence-electron chi connectivity index (χ1n) is 6.54. The fraction of sp³-hybridized carbons (Fsp3) is 0.462. The van der Waals surface area contributed by atoms with Crippen LogP contribution in [-0.2, 0) is 0 Å². The molecule has 6 heteroatoms. The molecule has 0 unspecified atom stereocenters. The van der Waals surface area contributed by atoms with Gasteiger partial charge in [0.25, 0.3) is 0 Å². The van der Waals surface area contributed by atoms with Crippen LogP contribution in [0.25, 0.3) is 11.0 Å². The van der Waals surface area contributed by atoms with Crippen LogP contribution in [0.3, 0.4) is 0 Å². The van der Waals surface area contributed by atoms with E-state index in [1.54, 1.807) is 0 Å². The molecule has 0 amide bonds. The minimum atomic E-state index is 0.813. The first-order chi connectivity index (χ1) is 9.25. The van der Waals surface area contributed by atoms with Crippen LogP contribution >= 0.6 is 0 Å². The fourth-order valence-corrected chi connectivity index (χ4v) is 2.32. The van der Waals surface area contributed by atoms with E-state index in [2.05, 4.69) is 15.2 Å². The van der Waals surface area contributed by atoms with Crippen molar-refractivity contribution in [3.63, 3.8) is 0 Å². The number of likely N-dealkylation sites (tertiary alicyclic amines) is 1. The van der Waals surface area contributed by atoms with Crippen LogP contribution in [0.1, 0.15) is 12.8 Å². The maximum absolute atomic E-state index is 5.92. The summed E-state index contributed by atoms with van der Waals surface area (Å²) in [6, 6.07) is 8.59. The van der Waals surface area contributed by atoms with Gasteiger partial charge in [0.05, 0.1) is 27.2 Å². The third-order valence-corrected chi connectivity index (χ3v) is 3.25. The summed E-state index contributed by atoms with van der Waals surface area (Å²) in [6.45, 7) is 2.06. The van der Waals surface area contributed by atoms with Gasteiger partial charge >= 0.3 is 6.02 Å². The molecular formula is C13H18N5O+. The van der Waals surface area contributed by atoms with Gasteiger partial charge in [0, 0.05) is 0 Å². The molecule has 6 nitrogen and oxygen atoms in total. The molecule has 1 aromatic heterocycles. The van der Waals surface area contributed by atoms with Crippen LogP contribution < -0.4 is 4.84 Å². The van der Waals surface area contributed by atoms with Crippen molar-refractivity contribution in [2.24, 2.45) is 0 Å². The minimum Gasteiger partial charge on any atom is -0.278 e. The van der Waals surface area contributed by atoms with Gasteiger partial charge < -0.3 is 0 Å². The normalized spacial score (nSPS) is 14.9. The van der Waals surface area contributed by atoms with Gasteiger partial charge in [-0.3, -0.25) is 4.84 Å². The summed E-state index contributed by atoms with van der Waals surface area (Å²) in [6.07, 6.45) is 2.41. The Hall–Kier alpha value is -2.11. The highest BCUT2D eigenvalue weighted by Gasteiger charge is 2.28. The molecule has 19 heavy (non-hydrogen) atoms. The maximum atomic E-state index is 5.92. The van der Waals surface area contributed by atoms with E-state index in [1.165, 1.54) is 17.7 Å². The molecule has 100 valence electrons. The standard InChI is InChI=1S/C13H18N5O/c1-16(2)13(17-9-5-6-10-17)19-18-12-8-4-3-7-11(12)14-15-18/h3-4,7-8H,5-6,9-10H2,1-2H3/q+1. The van der Waals surface area contributed by atoms with Crippen molar-refractivity contribution in [1.29, 1.82) is 0 Å². The lowest BCUT2D eigenvalue weighted by Gasteiger charge is -2.13. The molecule has 2 aromatic rings. The zero-order valence-electron chi connectivity index (χ0n) is 11.3. The summed E-state index contributed by atoms with van der Waals surface area (Å²) in [5.74, 6) is 0. The summed E-state index contributed by atoms with van der Waals surface area (Å²) in [5.41, 5.74) is 1.71. The van der Waals surface area contributed by atoms with Crippen molar-refractivity contribution < 1.29 is 9.41 Å². The van der Waals surface area contributed by atoms with Crippen molar-refractivity contribution in [3.05, 3.63) is 24.3 Å². The van der Waals surface area contributed by atoms with E-state index in [1.807, 2.05) is 42.9 Å². The summed E-state index contributed by atoms with van der Waals surface area (Å²) in [7, 11) is 3.96. The van der Waals surface area contributed by atoms with Gasteiger partial charge in [-0.05, 0) is 30.2 Å². The number of hydrogen-bond acceptors (Lipinski definition) is 3. The molecule has 2 heterocycles.